The molecule has 4 rings (SSSR count). The number of carbonyl (C=O) groups is 1. The Balaban J connectivity index is 1.77. The normalized spacial score (nSPS) is 10.4. The van der Waals surface area contributed by atoms with Crippen LogP contribution in [-0.4, -0.2) is 20.7 Å². The van der Waals surface area contributed by atoms with E-state index in [-0.39, 0.29) is 11.3 Å². The standard InChI is InChI=1S/C24H16N2O3/c25-13-19-14-26(20-9-10-21(24(28)29)23(27)12-20)15-22(19)18-8-4-7-17(11-18)16-5-2-1-3-6-16/h1-12,14-15,27H,(H,28,29). The highest BCUT2D eigenvalue weighted by molar-refractivity contribution is 5.91. The van der Waals surface area contributed by atoms with E-state index < -0.39 is 5.97 Å². The second-order valence-corrected chi connectivity index (χ2v) is 6.56. The third-order valence-electron chi connectivity index (χ3n) is 4.74. The maximum atomic E-state index is 11.1. The molecule has 29 heavy (non-hydrogen) atoms. The van der Waals surface area contributed by atoms with Gasteiger partial charge in [0.25, 0.3) is 0 Å². The molecule has 5 nitrogen and oxygen atoms in total. The first kappa shape index (κ1) is 18.1. The van der Waals surface area contributed by atoms with Gasteiger partial charge >= 0.3 is 5.97 Å². The van der Waals surface area contributed by atoms with E-state index in [0.29, 0.717) is 11.3 Å². The number of carboxylic acid groups (broad SMARTS) is 1. The lowest BCUT2D eigenvalue weighted by Crippen LogP contribution is -1.98. The van der Waals surface area contributed by atoms with Gasteiger partial charge in [-0.15, -0.1) is 0 Å². The van der Waals surface area contributed by atoms with Crippen molar-refractivity contribution in [1.29, 1.82) is 5.26 Å². The van der Waals surface area contributed by atoms with Gasteiger partial charge in [0.1, 0.15) is 17.4 Å². The summed E-state index contributed by atoms with van der Waals surface area (Å²) in [5, 5.41) is 28.7. The number of hydrogen-bond acceptors (Lipinski definition) is 3. The maximum absolute atomic E-state index is 11.1. The molecule has 0 atom stereocenters. The van der Waals surface area contributed by atoms with Crippen LogP contribution in [0.15, 0.2) is 85.2 Å². The summed E-state index contributed by atoms with van der Waals surface area (Å²) in [6.07, 6.45) is 3.47. The molecule has 2 N–H and O–H groups in total. The number of phenols is 1. The van der Waals surface area contributed by atoms with Gasteiger partial charge in [0.05, 0.1) is 5.56 Å². The average Bonchev–Trinajstić information content (AvgIpc) is 3.19. The minimum Gasteiger partial charge on any atom is -0.507 e. The number of benzene rings is 3. The van der Waals surface area contributed by atoms with Crippen LogP contribution >= 0.6 is 0 Å². The average molecular weight is 380 g/mol. The number of carboxylic acids is 1. The van der Waals surface area contributed by atoms with Gasteiger partial charge in [0, 0.05) is 29.7 Å². The predicted molar refractivity (Wildman–Crippen MR) is 110 cm³/mol. The summed E-state index contributed by atoms with van der Waals surface area (Å²) in [6, 6.07) is 24.4. The summed E-state index contributed by atoms with van der Waals surface area (Å²) in [4.78, 5) is 11.1. The minimum atomic E-state index is -1.20. The van der Waals surface area contributed by atoms with Crippen LogP contribution in [0, 0.1) is 11.3 Å². The van der Waals surface area contributed by atoms with Crippen LogP contribution in [-0.2, 0) is 0 Å². The molecule has 140 valence electrons. The molecule has 4 aromatic rings. The highest BCUT2D eigenvalue weighted by atomic mass is 16.4. The zero-order valence-electron chi connectivity index (χ0n) is 15.3. The summed E-state index contributed by atoms with van der Waals surface area (Å²) in [5.74, 6) is -1.52. The van der Waals surface area contributed by atoms with E-state index in [0.717, 1.165) is 22.3 Å². The molecular weight excluding hydrogens is 364 g/mol. The minimum absolute atomic E-state index is 0.169. The summed E-state index contributed by atoms with van der Waals surface area (Å²) in [5.41, 5.74) is 4.66. The molecule has 0 aliphatic rings. The van der Waals surface area contributed by atoms with Gasteiger partial charge in [-0.3, -0.25) is 0 Å². The highest BCUT2D eigenvalue weighted by Crippen LogP contribution is 2.31. The largest absolute Gasteiger partial charge is 0.507 e. The van der Waals surface area contributed by atoms with E-state index in [1.165, 1.54) is 12.1 Å². The van der Waals surface area contributed by atoms with E-state index in [2.05, 4.69) is 6.07 Å². The van der Waals surface area contributed by atoms with Crippen LogP contribution in [0.2, 0.25) is 0 Å². The summed E-state index contributed by atoms with van der Waals surface area (Å²) in [6.45, 7) is 0. The van der Waals surface area contributed by atoms with Crippen LogP contribution in [0.25, 0.3) is 27.9 Å². The number of hydrogen-bond donors (Lipinski definition) is 2. The topological polar surface area (TPSA) is 86.2 Å². The van der Waals surface area contributed by atoms with Gasteiger partial charge in [-0.25, -0.2) is 4.79 Å². The van der Waals surface area contributed by atoms with Crippen LogP contribution in [0.4, 0.5) is 0 Å². The molecule has 0 saturated carbocycles. The smallest absolute Gasteiger partial charge is 0.339 e. The van der Waals surface area contributed by atoms with Crippen LogP contribution in [0.5, 0.6) is 5.75 Å². The molecule has 0 radical (unpaired) electrons. The molecule has 0 amide bonds. The van der Waals surface area contributed by atoms with Gasteiger partial charge in [-0.1, -0.05) is 48.5 Å². The van der Waals surface area contributed by atoms with Crippen molar-refractivity contribution in [3.8, 4) is 39.8 Å². The Kier molecular flexibility index (Phi) is 4.60. The van der Waals surface area contributed by atoms with Crippen molar-refractivity contribution < 1.29 is 15.0 Å². The van der Waals surface area contributed by atoms with Crippen molar-refractivity contribution in [2.75, 3.05) is 0 Å². The Morgan fingerprint density at radius 3 is 2.28 bits per heavy atom. The Labute approximate surface area is 167 Å². The molecule has 5 heteroatoms. The monoisotopic (exact) mass is 380 g/mol. The van der Waals surface area contributed by atoms with Crippen molar-refractivity contribution in [2.45, 2.75) is 0 Å². The number of aromatic hydroxyl groups is 1. The number of rotatable bonds is 4. The first-order chi connectivity index (χ1) is 14.1. The zero-order chi connectivity index (χ0) is 20.4. The Bertz CT molecular complexity index is 1250. The van der Waals surface area contributed by atoms with Crippen molar-refractivity contribution >= 4 is 5.97 Å². The van der Waals surface area contributed by atoms with E-state index in [1.807, 2.05) is 54.6 Å². The van der Waals surface area contributed by atoms with Gasteiger partial charge < -0.3 is 14.8 Å². The first-order valence-electron chi connectivity index (χ1n) is 8.91. The first-order valence-corrected chi connectivity index (χ1v) is 8.91. The van der Waals surface area contributed by atoms with Crippen molar-refractivity contribution in [3.05, 3.63) is 96.3 Å². The molecule has 1 heterocycles. The number of aromatic nitrogens is 1. The second kappa shape index (κ2) is 7.37. The third-order valence-corrected chi connectivity index (χ3v) is 4.74. The van der Waals surface area contributed by atoms with Crippen molar-refractivity contribution in [2.24, 2.45) is 0 Å². The number of aromatic carboxylic acids is 1. The van der Waals surface area contributed by atoms with E-state index >= 15 is 0 Å². The molecule has 0 aliphatic carbocycles. The van der Waals surface area contributed by atoms with Crippen LogP contribution < -0.4 is 0 Å². The Morgan fingerprint density at radius 1 is 0.862 bits per heavy atom. The molecule has 0 spiro atoms. The lowest BCUT2D eigenvalue weighted by molar-refractivity contribution is 0.0693. The van der Waals surface area contributed by atoms with Crippen molar-refractivity contribution in [3.63, 3.8) is 0 Å². The Morgan fingerprint density at radius 2 is 1.59 bits per heavy atom. The van der Waals surface area contributed by atoms with Gasteiger partial charge in [0.2, 0.25) is 0 Å². The lowest BCUT2D eigenvalue weighted by Gasteiger charge is -2.06. The third kappa shape index (κ3) is 3.47. The fourth-order valence-corrected chi connectivity index (χ4v) is 3.28. The molecular formula is C24H16N2O3. The summed E-state index contributed by atoms with van der Waals surface area (Å²) < 4.78 is 1.70. The molecule has 3 aromatic carbocycles. The fourth-order valence-electron chi connectivity index (χ4n) is 3.28. The number of nitriles is 1. The zero-order valence-corrected chi connectivity index (χ0v) is 15.3. The fraction of sp³-hybridized carbons (Fsp3) is 0. The van der Waals surface area contributed by atoms with E-state index in [4.69, 9.17) is 5.11 Å². The van der Waals surface area contributed by atoms with E-state index in [1.54, 1.807) is 23.0 Å². The maximum Gasteiger partial charge on any atom is 0.339 e. The highest BCUT2D eigenvalue weighted by Gasteiger charge is 2.14. The summed E-state index contributed by atoms with van der Waals surface area (Å²) >= 11 is 0. The SMILES string of the molecule is N#Cc1cn(-c2ccc(C(=O)O)c(O)c2)cc1-c1cccc(-c2ccccc2)c1. The van der Waals surface area contributed by atoms with E-state index in [9.17, 15) is 15.2 Å². The van der Waals surface area contributed by atoms with Crippen LogP contribution in [0.3, 0.4) is 0 Å². The number of nitrogens with zero attached hydrogens (tertiary/aromatic N) is 2. The predicted octanol–water partition coefficient (Wildman–Crippen LogP) is 5.09. The Hall–Kier alpha value is -4.30. The molecule has 0 bridgehead atoms. The molecule has 0 unspecified atom stereocenters. The van der Waals surface area contributed by atoms with Gasteiger partial charge in [-0.05, 0) is 34.9 Å². The van der Waals surface area contributed by atoms with Crippen LogP contribution in [0.1, 0.15) is 15.9 Å². The van der Waals surface area contributed by atoms with Gasteiger partial charge in [0.15, 0.2) is 0 Å². The van der Waals surface area contributed by atoms with Crippen molar-refractivity contribution in [1.82, 2.24) is 4.57 Å². The van der Waals surface area contributed by atoms with Gasteiger partial charge in [-0.2, -0.15) is 5.26 Å². The molecule has 0 saturated heterocycles. The quantitative estimate of drug-likeness (QED) is 0.516. The second-order valence-electron chi connectivity index (χ2n) is 6.56. The molecule has 1 aromatic heterocycles. The summed E-state index contributed by atoms with van der Waals surface area (Å²) in [7, 11) is 0. The lowest BCUT2D eigenvalue weighted by atomic mass is 9.99. The molecule has 0 aliphatic heterocycles. The molecule has 0 fully saturated rings.